The quantitative estimate of drug-likeness (QED) is 0.280. The van der Waals surface area contributed by atoms with Crippen LogP contribution >= 0.6 is 0 Å². The minimum Gasteiger partial charge on any atom is -0.497 e. The van der Waals surface area contributed by atoms with Gasteiger partial charge in [0.05, 0.1) is 24.8 Å². The van der Waals surface area contributed by atoms with Gasteiger partial charge in [-0.25, -0.2) is 4.98 Å². The van der Waals surface area contributed by atoms with Crippen molar-refractivity contribution >= 4 is 11.0 Å². The number of para-hydroxylation sites is 2. The van der Waals surface area contributed by atoms with E-state index >= 15 is 0 Å². The van der Waals surface area contributed by atoms with Gasteiger partial charge >= 0.3 is 0 Å². The first-order valence-corrected chi connectivity index (χ1v) is 11.1. The van der Waals surface area contributed by atoms with Crippen LogP contribution in [0.2, 0.25) is 0 Å². The Morgan fingerprint density at radius 1 is 0.844 bits per heavy atom. The van der Waals surface area contributed by atoms with E-state index in [9.17, 15) is 0 Å². The molecule has 0 saturated carbocycles. The van der Waals surface area contributed by atoms with Crippen LogP contribution in [0.4, 0.5) is 0 Å². The van der Waals surface area contributed by atoms with Crippen LogP contribution in [0, 0.1) is 0 Å². The fraction of sp³-hybridized carbons (Fsp3) is 0.296. The first kappa shape index (κ1) is 21.8. The highest BCUT2D eigenvalue weighted by molar-refractivity contribution is 5.75. The molecule has 166 valence electrons. The molecule has 0 aliphatic heterocycles. The molecule has 0 unspecified atom stereocenters. The maximum atomic E-state index is 6.02. The van der Waals surface area contributed by atoms with Crippen molar-refractivity contribution in [3.8, 4) is 17.2 Å². The molecule has 0 bridgehead atoms. The topological polar surface area (TPSA) is 45.5 Å². The summed E-state index contributed by atoms with van der Waals surface area (Å²) in [5.41, 5.74) is 3.41. The highest BCUT2D eigenvalue weighted by Crippen LogP contribution is 2.22. The van der Waals surface area contributed by atoms with Gasteiger partial charge in [-0.15, -0.1) is 0 Å². The molecular weight excluding hydrogens is 400 g/mol. The average molecular weight is 431 g/mol. The molecule has 1 heterocycles. The summed E-state index contributed by atoms with van der Waals surface area (Å²) in [5, 5.41) is 0. The molecule has 0 aliphatic rings. The molecule has 5 nitrogen and oxygen atoms in total. The van der Waals surface area contributed by atoms with Gasteiger partial charge in [0.25, 0.3) is 0 Å². The third kappa shape index (κ3) is 5.22. The number of hydrogen-bond donors (Lipinski definition) is 0. The molecule has 0 fully saturated rings. The Morgan fingerprint density at radius 2 is 1.62 bits per heavy atom. The molecule has 4 aromatic rings. The van der Waals surface area contributed by atoms with Gasteiger partial charge < -0.3 is 18.8 Å². The molecule has 0 amide bonds. The van der Waals surface area contributed by atoms with Crippen LogP contribution in [-0.4, -0.2) is 23.3 Å². The van der Waals surface area contributed by atoms with E-state index in [2.05, 4.69) is 48.7 Å². The van der Waals surface area contributed by atoms with Crippen LogP contribution in [-0.2, 0) is 13.2 Å². The SMILES string of the molecule is COc1cccc(OCc2nc3ccccc3n2CCCOc2ccc(C(C)C)cc2)c1. The summed E-state index contributed by atoms with van der Waals surface area (Å²) in [6, 6.07) is 24.2. The smallest absolute Gasteiger partial charge is 0.147 e. The van der Waals surface area contributed by atoms with E-state index < -0.39 is 0 Å². The molecule has 0 spiro atoms. The summed E-state index contributed by atoms with van der Waals surface area (Å²) in [6.45, 7) is 6.23. The number of hydrogen-bond acceptors (Lipinski definition) is 4. The van der Waals surface area contributed by atoms with Crippen LogP contribution in [0.5, 0.6) is 17.2 Å². The Balaban J connectivity index is 1.40. The molecule has 32 heavy (non-hydrogen) atoms. The van der Waals surface area contributed by atoms with E-state index in [0.29, 0.717) is 19.1 Å². The molecule has 0 saturated heterocycles. The van der Waals surface area contributed by atoms with E-state index in [0.717, 1.165) is 47.1 Å². The van der Waals surface area contributed by atoms with Gasteiger partial charge in [-0.3, -0.25) is 0 Å². The van der Waals surface area contributed by atoms with Gasteiger partial charge in [-0.2, -0.15) is 0 Å². The number of benzene rings is 3. The van der Waals surface area contributed by atoms with E-state index in [1.54, 1.807) is 7.11 Å². The van der Waals surface area contributed by atoms with Gasteiger partial charge in [0.15, 0.2) is 0 Å². The highest BCUT2D eigenvalue weighted by atomic mass is 16.5. The summed E-state index contributed by atoms with van der Waals surface area (Å²) < 4.78 is 19.5. The maximum absolute atomic E-state index is 6.02. The Labute approximate surface area is 189 Å². The molecule has 0 radical (unpaired) electrons. The molecule has 5 heteroatoms. The Morgan fingerprint density at radius 3 is 2.41 bits per heavy atom. The Kier molecular flexibility index (Phi) is 6.95. The zero-order valence-corrected chi connectivity index (χ0v) is 19.0. The van der Waals surface area contributed by atoms with Crippen molar-refractivity contribution in [3.63, 3.8) is 0 Å². The van der Waals surface area contributed by atoms with Crippen molar-refractivity contribution in [2.45, 2.75) is 39.3 Å². The first-order valence-electron chi connectivity index (χ1n) is 11.1. The van der Waals surface area contributed by atoms with E-state index in [1.807, 2.05) is 42.5 Å². The van der Waals surface area contributed by atoms with Crippen LogP contribution < -0.4 is 14.2 Å². The molecule has 0 aliphatic carbocycles. The normalized spacial score (nSPS) is 11.1. The zero-order chi connectivity index (χ0) is 22.3. The third-order valence-corrected chi connectivity index (χ3v) is 5.48. The maximum Gasteiger partial charge on any atom is 0.147 e. The number of imidazole rings is 1. The van der Waals surface area contributed by atoms with Crippen LogP contribution in [0.3, 0.4) is 0 Å². The monoisotopic (exact) mass is 430 g/mol. The lowest BCUT2D eigenvalue weighted by Crippen LogP contribution is -2.10. The number of nitrogens with zero attached hydrogens (tertiary/aromatic N) is 2. The van der Waals surface area contributed by atoms with Crippen molar-refractivity contribution in [1.82, 2.24) is 9.55 Å². The number of aromatic nitrogens is 2. The number of aryl methyl sites for hydroxylation is 1. The van der Waals surface area contributed by atoms with Crippen molar-refractivity contribution in [2.24, 2.45) is 0 Å². The van der Waals surface area contributed by atoms with E-state index in [4.69, 9.17) is 19.2 Å². The summed E-state index contributed by atoms with van der Waals surface area (Å²) in [7, 11) is 1.65. The van der Waals surface area contributed by atoms with Gasteiger partial charge in [0.2, 0.25) is 0 Å². The van der Waals surface area contributed by atoms with Crippen LogP contribution in [0.25, 0.3) is 11.0 Å². The van der Waals surface area contributed by atoms with Gasteiger partial charge in [0.1, 0.15) is 29.7 Å². The minimum absolute atomic E-state index is 0.388. The van der Waals surface area contributed by atoms with E-state index in [1.165, 1.54) is 5.56 Å². The van der Waals surface area contributed by atoms with Crippen molar-refractivity contribution in [3.05, 3.63) is 84.2 Å². The number of methoxy groups -OCH3 is 1. The molecule has 1 aromatic heterocycles. The predicted molar refractivity (Wildman–Crippen MR) is 128 cm³/mol. The summed E-state index contributed by atoms with van der Waals surface area (Å²) in [6.07, 6.45) is 0.873. The lowest BCUT2D eigenvalue weighted by atomic mass is 10.0. The molecule has 3 aromatic carbocycles. The lowest BCUT2D eigenvalue weighted by Gasteiger charge is -2.12. The second-order valence-corrected chi connectivity index (χ2v) is 8.06. The van der Waals surface area contributed by atoms with Crippen LogP contribution in [0.15, 0.2) is 72.8 Å². The van der Waals surface area contributed by atoms with Crippen molar-refractivity contribution < 1.29 is 14.2 Å². The second-order valence-electron chi connectivity index (χ2n) is 8.06. The summed E-state index contributed by atoms with van der Waals surface area (Å²) >= 11 is 0. The zero-order valence-electron chi connectivity index (χ0n) is 19.0. The average Bonchev–Trinajstić information content (AvgIpc) is 3.18. The van der Waals surface area contributed by atoms with Gasteiger partial charge in [-0.1, -0.05) is 44.2 Å². The minimum atomic E-state index is 0.388. The van der Waals surface area contributed by atoms with E-state index in [-0.39, 0.29) is 0 Å². The fourth-order valence-electron chi connectivity index (χ4n) is 3.69. The summed E-state index contributed by atoms with van der Waals surface area (Å²) in [4.78, 5) is 4.80. The van der Waals surface area contributed by atoms with Crippen LogP contribution in [0.1, 0.15) is 37.6 Å². The van der Waals surface area contributed by atoms with Crippen molar-refractivity contribution in [2.75, 3.05) is 13.7 Å². The molecule has 0 N–H and O–H groups in total. The number of rotatable bonds is 10. The van der Waals surface area contributed by atoms with Crippen molar-refractivity contribution in [1.29, 1.82) is 0 Å². The van der Waals surface area contributed by atoms with Gasteiger partial charge in [0, 0.05) is 12.6 Å². The Bertz CT molecular complexity index is 1150. The number of ether oxygens (including phenoxy) is 3. The molecule has 0 atom stereocenters. The summed E-state index contributed by atoms with van der Waals surface area (Å²) in [5.74, 6) is 3.86. The largest absolute Gasteiger partial charge is 0.497 e. The standard InChI is InChI=1S/C27H30N2O3/c1-20(2)21-12-14-22(15-13-21)31-17-7-16-29-26-11-5-4-10-25(26)28-27(29)19-32-24-9-6-8-23(18-24)30-3/h4-6,8-15,18,20H,7,16-17,19H2,1-3H3. The predicted octanol–water partition coefficient (Wildman–Crippen LogP) is 6.22. The highest BCUT2D eigenvalue weighted by Gasteiger charge is 2.11. The Hall–Kier alpha value is -3.47. The lowest BCUT2D eigenvalue weighted by molar-refractivity contribution is 0.279. The molecule has 4 rings (SSSR count). The first-order chi connectivity index (χ1) is 15.6. The number of fused-ring (bicyclic) bond motifs is 1. The third-order valence-electron chi connectivity index (χ3n) is 5.48. The van der Waals surface area contributed by atoms with Gasteiger partial charge in [-0.05, 0) is 54.3 Å². The molecular formula is C27H30N2O3. The fourth-order valence-corrected chi connectivity index (χ4v) is 3.69. The second kappa shape index (κ2) is 10.2.